The standard InChI is InChI=1S/C13H9BrFNOS/c14-10-4-6-18-12(10)13(17)16-5-3-8-1-2-9(15)7-11(8)16/h1-2,4,6-7H,3,5H2. The number of halogens is 2. The van der Waals surface area contributed by atoms with E-state index in [-0.39, 0.29) is 11.7 Å². The number of hydrogen-bond donors (Lipinski definition) is 0. The van der Waals surface area contributed by atoms with Crippen molar-refractivity contribution in [2.24, 2.45) is 0 Å². The maximum Gasteiger partial charge on any atom is 0.269 e. The molecule has 18 heavy (non-hydrogen) atoms. The predicted molar refractivity (Wildman–Crippen MR) is 73.8 cm³/mol. The number of carbonyl (C=O) groups excluding carboxylic acids is 1. The van der Waals surface area contributed by atoms with Gasteiger partial charge in [0, 0.05) is 11.0 Å². The van der Waals surface area contributed by atoms with Gasteiger partial charge in [-0.1, -0.05) is 6.07 Å². The summed E-state index contributed by atoms with van der Waals surface area (Å²) in [6.45, 7) is 0.613. The van der Waals surface area contributed by atoms with Crippen LogP contribution in [0.4, 0.5) is 10.1 Å². The van der Waals surface area contributed by atoms with Crippen LogP contribution in [0.15, 0.2) is 34.1 Å². The van der Waals surface area contributed by atoms with Crippen LogP contribution in [0.1, 0.15) is 15.2 Å². The van der Waals surface area contributed by atoms with Gasteiger partial charge in [0.25, 0.3) is 5.91 Å². The second-order valence-corrected chi connectivity index (χ2v) is 5.85. The molecule has 0 saturated heterocycles. The van der Waals surface area contributed by atoms with E-state index in [0.29, 0.717) is 17.1 Å². The molecular weight excluding hydrogens is 317 g/mol. The fourth-order valence-corrected chi connectivity index (χ4v) is 3.62. The first-order valence-electron chi connectivity index (χ1n) is 5.50. The van der Waals surface area contributed by atoms with Crippen LogP contribution in [0.25, 0.3) is 0 Å². The molecule has 1 aromatic carbocycles. The average Bonchev–Trinajstić information content (AvgIpc) is 2.94. The fourth-order valence-electron chi connectivity index (χ4n) is 2.13. The van der Waals surface area contributed by atoms with Crippen molar-refractivity contribution in [3.8, 4) is 0 Å². The summed E-state index contributed by atoms with van der Waals surface area (Å²) in [5, 5.41) is 1.86. The summed E-state index contributed by atoms with van der Waals surface area (Å²) in [4.78, 5) is 14.7. The lowest BCUT2D eigenvalue weighted by molar-refractivity contribution is 0.0992. The van der Waals surface area contributed by atoms with E-state index in [1.165, 1.54) is 23.5 Å². The third kappa shape index (κ3) is 1.87. The molecule has 2 heterocycles. The Balaban J connectivity index is 2.00. The van der Waals surface area contributed by atoms with Crippen LogP contribution in [-0.2, 0) is 6.42 Å². The van der Waals surface area contributed by atoms with E-state index < -0.39 is 0 Å². The van der Waals surface area contributed by atoms with Crippen LogP contribution in [0.3, 0.4) is 0 Å². The van der Waals surface area contributed by atoms with Gasteiger partial charge in [-0.3, -0.25) is 4.79 Å². The summed E-state index contributed by atoms with van der Waals surface area (Å²) in [6.07, 6.45) is 0.782. The van der Waals surface area contributed by atoms with E-state index in [2.05, 4.69) is 15.9 Å². The topological polar surface area (TPSA) is 20.3 Å². The van der Waals surface area contributed by atoms with Gasteiger partial charge in [0.2, 0.25) is 0 Å². The van der Waals surface area contributed by atoms with Crippen molar-refractivity contribution in [2.45, 2.75) is 6.42 Å². The lowest BCUT2D eigenvalue weighted by Gasteiger charge is -2.16. The molecule has 0 unspecified atom stereocenters. The van der Waals surface area contributed by atoms with Gasteiger partial charge in [-0.05, 0) is 51.5 Å². The number of nitrogens with zero attached hydrogens (tertiary/aromatic N) is 1. The molecule has 0 fully saturated rings. The summed E-state index contributed by atoms with van der Waals surface area (Å²) >= 11 is 4.75. The Morgan fingerprint density at radius 1 is 1.39 bits per heavy atom. The third-order valence-electron chi connectivity index (χ3n) is 3.00. The van der Waals surface area contributed by atoms with E-state index in [0.717, 1.165) is 16.5 Å². The van der Waals surface area contributed by atoms with Crippen LogP contribution in [0.5, 0.6) is 0 Å². The summed E-state index contributed by atoms with van der Waals surface area (Å²) in [5.41, 5.74) is 1.72. The van der Waals surface area contributed by atoms with Gasteiger partial charge in [-0.2, -0.15) is 0 Å². The lowest BCUT2D eigenvalue weighted by atomic mass is 10.2. The van der Waals surface area contributed by atoms with E-state index in [9.17, 15) is 9.18 Å². The molecule has 1 amide bonds. The number of thiophene rings is 1. The Morgan fingerprint density at radius 2 is 2.22 bits per heavy atom. The summed E-state index contributed by atoms with van der Waals surface area (Å²) in [7, 11) is 0. The zero-order chi connectivity index (χ0) is 12.7. The molecular formula is C13H9BrFNOS. The van der Waals surface area contributed by atoms with Gasteiger partial charge < -0.3 is 4.90 Å². The molecule has 1 aliphatic heterocycles. The number of hydrogen-bond acceptors (Lipinski definition) is 2. The van der Waals surface area contributed by atoms with E-state index in [1.807, 2.05) is 11.4 Å². The Bertz CT molecular complexity index is 625. The van der Waals surface area contributed by atoms with Gasteiger partial charge in [-0.15, -0.1) is 11.3 Å². The molecule has 2 nitrogen and oxygen atoms in total. The van der Waals surface area contributed by atoms with E-state index in [4.69, 9.17) is 0 Å². The largest absolute Gasteiger partial charge is 0.307 e. The highest BCUT2D eigenvalue weighted by atomic mass is 79.9. The maximum absolute atomic E-state index is 13.3. The van der Waals surface area contributed by atoms with Crippen molar-refractivity contribution >= 4 is 38.9 Å². The third-order valence-corrected chi connectivity index (χ3v) is 4.83. The fraction of sp³-hybridized carbons (Fsp3) is 0.154. The number of benzene rings is 1. The van der Waals surface area contributed by atoms with Gasteiger partial charge >= 0.3 is 0 Å². The molecule has 92 valence electrons. The SMILES string of the molecule is O=C(c1sccc1Br)N1CCc2ccc(F)cc21. The first kappa shape index (κ1) is 11.9. The number of fused-ring (bicyclic) bond motifs is 1. The molecule has 5 heteroatoms. The van der Waals surface area contributed by atoms with E-state index in [1.54, 1.807) is 11.0 Å². The highest BCUT2D eigenvalue weighted by molar-refractivity contribution is 9.10. The number of rotatable bonds is 1. The lowest BCUT2D eigenvalue weighted by Crippen LogP contribution is -2.28. The maximum atomic E-state index is 13.3. The molecule has 0 spiro atoms. The normalized spacial score (nSPS) is 13.8. The minimum Gasteiger partial charge on any atom is -0.307 e. The van der Waals surface area contributed by atoms with Crippen LogP contribution < -0.4 is 4.90 Å². The smallest absolute Gasteiger partial charge is 0.269 e. The van der Waals surface area contributed by atoms with Crippen LogP contribution >= 0.6 is 27.3 Å². The summed E-state index contributed by atoms with van der Waals surface area (Å²) in [5.74, 6) is -0.375. The highest BCUT2D eigenvalue weighted by Crippen LogP contribution is 2.32. The first-order chi connectivity index (χ1) is 8.66. The number of carbonyl (C=O) groups is 1. The van der Waals surface area contributed by atoms with Crippen molar-refractivity contribution in [3.63, 3.8) is 0 Å². The Labute approximate surface area is 116 Å². The Hall–Kier alpha value is -1.20. The number of anilines is 1. The van der Waals surface area contributed by atoms with Gasteiger partial charge in [0.1, 0.15) is 10.7 Å². The molecule has 0 saturated carbocycles. The minimum absolute atomic E-state index is 0.0683. The van der Waals surface area contributed by atoms with Gasteiger partial charge in [0.05, 0.1) is 5.69 Å². The Morgan fingerprint density at radius 3 is 2.94 bits per heavy atom. The van der Waals surface area contributed by atoms with Crippen molar-refractivity contribution in [2.75, 3.05) is 11.4 Å². The van der Waals surface area contributed by atoms with Gasteiger partial charge in [0.15, 0.2) is 0 Å². The molecule has 0 N–H and O–H groups in total. The Kier molecular flexibility index (Phi) is 2.95. The van der Waals surface area contributed by atoms with Crippen LogP contribution in [-0.4, -0.2) is 12.5 Å². The summed E-state index contributed by atoms with van der Waals surface area (Å²) < 4.78 is 14.1. The zero-order valence-electron chi connectivity index (χ0n) is 9.32. The molecule has 3 rings (SSSR count). The summed E-state index contributed by atoms with van der Waals surface area (Å²) in [6, 6.07) is 6.47. The van der Waals surface area contributed by atoms with Crippen molar-refractivity contribution in [1.29, 1.82) is 0 Å². The first-order valence-corrected chi connectivity index (χ1v) is 7.17. The monoisotopic (exact) mass is 325 g/mol. The molecule has 2 aromatic rings. The van der Waals surface area contributed by atoms with Crippen LogP contribution in [0.2, 0.25) is 0 Å². The minimum atomic E-state index is -0.307. The molecule has 1 aliphatic rings. The van der Waals surface area contributed by atoms with Gasteiger partial charge in [-0.25, -0.2) is 4.39 Å². The number of amides is 1. The molecule has 0 atom stereocenters. The van der Waals surface area contributed by atoms with Crippen LogP contribution in [0, 0.1) is 5.82 Å². The predicted octanol–water partition coefficient (Wildman–Crippen LogP) is 3.85. The molecule has 0 bridgehead atoms. The highest BCUT2D eigenvalue weighted by Gasteiger charge is 2.27. The van der Waals surface area contributed by atoms with E-state index >= 15 is 0 Å². The van der Waals surface area contributed by atoms with Crippen molar-refractivity contribution in [3.05, 3.63) is 50.4 Å². The molecule has 0 aliphatic carbocycles. The second-order valence-electron chi connectivity index (χ2n) is 4.08. The quantitative estimate of drug-likeness (QED) is 0.779. The second kappa shape index (κ2) is 4.48. The molecule has 0 radical (unpaired) electrons. The zero-order valence-corrected chi connectivity index (χ0v) is 11.7. The van der Waals surface area contributed by atoms with Crippen molar-refractivity contribution < 1.29 is 9.18 Å². The molecule has 1 aromatic heterocycles. The van der Waals surface area contributed by atoms with Crippen molar-refractivity contribution in [1.82, 2.24) is 0 Å². The average molecular weight is 326 g/mol.